The van der Waals surface area contributed by atoms with E-state index in [2.05, 4.69) is 35.0 Å². The van der Waals surface area contributed by atoms with Crippen molar-refractivity contribution < 1.29 is 13.5 Å². The largest absolute Gasteiger partial charge is 0.493 e. The normalized spacial score (nSPS) is 24.6. The highest BCUT2D eigenvalue weighted by molar-refractivity contribution is 5.80. The zero-order valence-electron chi connectivity index (χ0n) is 18.0. The summed E-state index contributed by atoms with van der Waals surface area (Å²) in [6, 6.07) is 12.6. The van der Waals surface area contributed by atoms with Crippen LogP contribution in [0.4, 0.5) is 20.2 Å². The van der Waals surface area contributed by atoms with Gasteiger partial charge < -0.3 is 14.5 Å². The van der Waals surface area contributed by atoms with Gasteiger partial charge in [0.15, 0.2) is 0 Å². The zero-order chi connectivity index (χ0) is 21.2. The number of anilines is 2. The Kier molecular flexibility index (Phi) is 4.43. The van der Waals surface area contributed by atoms with Crippen molar-refractivity contribution >= 4 is 11.4 Å². The van der Waals surface area contributed by atoms with E-state index in [1.807, 2.05) is 17.0 Å². The van der Waals surface area contributed by atoms with E-state index in [0.29, 0.717) is 36.4 Å². The lowest BCUT2D eigenvalue weighted by molar-refractivity contribution is -0.0381. The first-order valence-corrected chi connectivity index (χ1v) is 11.4. The molecule has 4 aliphatic heterocycles. The topological polar surface area (TPSA) is 19.0 Å². The molecule has 0 N–H and O–H groups in total. The fourth-order valence-electron chi connectivity index (χ4n) is 6.20. The van der Waals surface area contributed by atoms with Crippen molar-refractivity contribution in [2.75, 3.05) is 56.2 Å². The van der Waals surface area contributed by atoms with Crippen molar-refractivity contribution in [1.82, 2.24) is 4.90 Å². The Morgan fingerprint density at radius 3 is 2.87 bits per heavy atom. The first-order chi connectivity index (χ1) is 15.0. The van der Waals surface area contributed by atoms with Crippen LogP contribution in [-0.4, -0.2) is 63.2 Å². The summed E-state index contributed by atoms with van der Waals surface area (Å²) < 4.78 is 36.0. The number of fused-ring (bicyclic) bond motifs is 4. The van der Waals surface area contributed by atoms with Crippen molar-refractivity contribution in [2.45, 2.75) is 37.1 Å². The molecular weight excluding hydrogens is 396 g/mol. The van der Waals surface area contributed by atoms with Gasteiger partial charge in [-0.05, 0) is 23.6 Å². The third-order valence-corrected chi connectivity index (χ3v) is 7.58. The highest BCUT2D eigenvalue weighted by atomic mass is 19.3. The van der Waals surface area contributed by atoms with Gasteiger partial charge in [-0.2, -0.15) is 0 Å². The number of rotatable bonds is 4. The van der Waals surface area contributed by atoms with Gasteiger partial charge in [-0.1, -0.05) is 30.3 Å². The molecular formula is C25H29F2N3O. The van der Waals surface area contributed by atoms with Crippen LogP contribution in [0.25, 0.3) is 0 Å². The average Bonchev–Trinajstić information content (AvgIpc) is 3.35. The van der Waals surface area contributed by atoms with E-state index in [1.165, 1.54) is 16.9 Å². The number of likely N-dealkylation sites (N-methyl/N-ethyl adjacent to an activating group) is 1. The van der Waals surface area contributed by atoms with Crippen LogP contribution in [0.3, 0.4) is 0 Å². The Bertz CT molecular complexity index is 1010. The van der Waals surface area contributed by atoms with Gasteiger partial charge in [-0.25, -0.2) is 8.78 Å². The molecule has 4 aliphatic rings. The monoisotopic (exact) mass is 425 g/mol. The molecule has 2 aromatic carbocycles. The van der Waals surface area contributed by atoms with Gasteiger partial charge in [0.05, 0.1) is 24.5 Å². The summed E-state index contributed by atoms with van der Waals surface area (Å²) in [6.45, 7) is 3.90. The molecule has 1 saturated heterocycles. The van der Waals surface area contributed by atoms with Crippen LogP contribution in [0.15, 0.2) is 36.4 Å². The molecule has 6 rings (SSSR count). The standard InChI is InChI=1S/C25H29F2N3O/c1-28-11-12-30-21-8-10-29(15-20(21)19-6-3-7-22(28)23(19)30)16-25(26,27)14-18-5-2-4-17-9-13-31-24(17)18/h2-7,20-21H,8-16H2,1H3/t20-,21-/m0/s1. The second-order valence-corrected chi connectivity index (χ2v) is 9.56. The molecule has 4 heterocycles. The molecule has 164 valence electrons. The molecule has 1 fully saturated rings. The Hall–Kier alpha value is -2.34. The van der Waals surface area contributed by atoms with Crippen molar-refractivity contribution in [3.8, 4) is 5.75 Å². The third kappa shape index (κ3) is 3.18. The van der Waals surface area contributed by atoms with E-state index >= 15 is 8.78 Å². The third-order valence-electron chi connectivity index (χ3n) is 7.58. The van der Waals surface area contributed by atoms with Gasteiger partial charge in [0.1, 0.15) is 5.75 Å². The van der Waals surface area contributed by atoms with E-state index in [1.54, 1.807) is 6.07 Å². The van der Waals surface area contributed by atoms with Gasteiger partial charge >= 0.3 is 0 Å². The van der Waals surface area contributed by atoms with E-state index < -0.39 is 5.92 Å². The van der Waals surface area contributed by atoms with Crippen molar-refractivity contribution in [2.24, 2.45) is 0 Å². The molecule has 0 radical (unpaired) electrons. The van der Waals surface area contributed by atoms with Crippen LogP contribution < -0.4 is 14.5 Å². The maximum Gasteiger partial charge on any atom is 0.264 e. The molecule has 0 amide bonds. The smallest absolute Gasteiger partial charge is 0.264 e. The molecule has 2 aromatic rings. The molecule has 0 bridgehead atoms. The number of benzene rings is 2. The molecule has 0 saturated carbocycles. The van der Waals surface area contributed by atoms with Crippen LogP contribution in [0.1, 0.15) is 29.0 Å². The minimum Gasteiger partial charge on any atom is -0.493 e. The quantitative estimate of drug-likeness (QED) is 0.739. The number of likely N-dealkylation sites (tertiary alicyclic amines) is 1. The number of hydrogen-bond donors (Lipinski definition) is 0. The summed E-state index contributed by atoms with van der Waals surface area (Å²) in [6.07, 6.45) is 1.51. The minimum atomic E-state index is -2.77. The maximum atomic E-state index is 15.2. The van der Waals surface area contributed by atoms with Crippen LogP contribution >= 0.6 is 0 Å². The predicted molar refractivity (Wildman–Crippen MR) is 119 cm³/mol. The molecule has 4 nitrogen and oxygen atoms in total. The first-order valence-electron chi connectivity index (χ1n) is 11.4. The molecule has 0 spiro atoms. The lowest BCUT2D eigenvalue weighted by Crippen LogP contribution is -2.51. The second kappa shape index (κ2) is 7.09. The lowest BCUT2D eigenvalue weighted by atomic mass is 9.88. The van der Waals surface area contributed by atoms with Crippen LogP contribution in [0.5, 0.6) is 5.75 Å². The Balaban J connectivity index is 1.20. The first kappa shape index (κ1) is 19.4. The van der Waals surface area contributed by atoms with E-state index in [9.17, 15) is 0 Å². The van der Waals surface area contributed by atoms with Gasteiger partial charge in [-0.3, -0.25) is 4.90 Å². The number of ether oxygens (including phenoxy) is 1. The summed E-state index contributed by atoms with van der Waals surface area (Å²) >= 11 is 0. The summed E-state index contributed by atoms with van der Waals surface area (Å²) in [5.74, 6) is -1.77. The number of hydrogen-bond acceptors (Lipinski definition) is 4. The minimum absolute atomic E-state index is 0.186. The van der Waals surface area contributed by atoms with Crippen molar-refractivity contribution in [1.29, 1.82) is 0 Å². The Morgan fingerprint density at radius 1 is 1.10 bits per heavy atom. The number of para-hydroxylation sites is 2. The number of nitrogens with zero attached hydrogens (tertiary/aromatic N) is 3. The van der Waals surface area contributed by atoms with Crippen LogP contribution in [0.2, 0.25) is 0 Å². The molecule has 0 unspecified atom stereocenters. The Labute approximate surface area is 182 Å². The fraction of sp³-hybridized carbons (Fsp3) is 0.520. The summed E-state index contributed by atoms with van der Waals surface area (Å²) in [4.78, 5) is 6.86. The molecule has 2 atom stereocenters. The highest BCUT2D eigenvalue weighted by Gasteiger charge is 2.46. The second-order valence-electron chi connectivity index (χ2n) is 9.56. The van der Waals surface area contributed by atoms with Gasteiger partial charge in [-0.15, -0.1) is 0 Å². The lowest BCUT2D eigenvalue weighted by Gasteiger charge is -2.42. The SMILES string of the molecule is CN1CCN2c3c(cccc31)[C@@H]1CN(CC(F)(F)Cc3cccc4c3OCC4)CC[C@@H]12. The average molecular weight is 426 g/mol. The van der Waals surface area contributed by atoms with Gasteiger partial charge in [0.2, 0.25) is 0 Å². The highest BCUT2D eigenvalue weighted by Crippen LogP contribution is 2.50. The summed E-state index contributed by atoms with van der Waals surface area (Å²) in [7, 11) is 2.14. The molecule has 31 heavy (non-hydrogen) atoms. The van der Waals surface area contributed by atoms with Crippen LogP contribution in [-0.2, 0) is 12.8 Å². The van der Waals surface area contributed by atoms with E-state index in [4.69, 9.17) is 4.74 Å². The van der Waals surface area contributed by atoms with Crippen molar-refractivity contribution in [3.05, 3.63) is 53.1 Å². The number of alkyl halides is 2. The molecule has 0 aliphatic carbocycles. The fourth-order valence-corrected chi connectivity index (χ4v) is 6.20. The Morgan fingerprint density at radius 2 is 1.97 bits per heavy atom. The summed E-state index contributed by atoms with van der Waals surface area (Å²) in [5.41, 5.74) is 5.68. The van der Waals surface area contributed by atoms with Gasteiger partial charge in [0.25, 0.3) is 5.92 Å². The number of piperidine rings is 1. The van der Waals surface area contributed by atoms with Crippen molar-refractivity contribution in [3.63, 3.8) is 0 Å². The maximum absolute atomic E-state index is 15.2. The number of halogens is 2. The van der Waals surface area contributed by atoms with E-state index in [0.717, 1.165) is 38.0 Å². The molecule has 0 aromatic heterocycles. The van der Waals surface area contributed by atoms with Gasteiger partial charge in [0, 0.05) is 63.6 Å². The summed E-state index contributed by atoms with van der Waals surface area (Å²) in [5, 5.41) is 0. The predicted octanol–water partition coefficient (Wildman–Crippen LogP) is 3.93. The van der Waals surface area contributed by atoms with Crippen LogP contribution in [0, 0.1) is 0 Å². The van der Waals surface area contributed by atoms with E-state index in [-0.39, 0.29) is 13.0 Å². The zero-order valence-corrected chi connectivity index (χ0v) is 18.0. The molecule has 6 heteroatoms.